The van der Waals surface area contributed by atoms with Gasteiger partial charge < -0.3 is 10.7 Å². The predicted molar refractivity (Wildman–Crippen MR) is 51.5 cm³/mol. The zero-order valence-electron chi connectivity index (χ0n) is 6.67. The molecular weight excluding hydrogens is 148 g/mol. The number of rotatable bonds is 1. The van der Waals surface area contributed by atoms with E-state index in [1.807, 2.05) is 30.5 Å². The SMILES string of the molecule is C=C(N)c1ccc2cc[nH]c2c1. The van der Waals surface area contributed by atoms with Crippen molar-refractivity contribution in [1.82, 2.24) is 4.98 Å². The summed E-state index contributed by atoms with van der Waals surface area (Å²) in [5, 5.41) is 1.19. The molecule has 0 atom stereocenters. The van der Waals surface area contributed by atoms with Gasteiger partial charge in [0.25, 0.3) is 0 Å². The molecule has 0 bridgehead atoms. The molecule has 1 heterocycles. The van der Waals surface area contributed by atoms with Crippen molar-refractivity contribution in [2.75, 3.05) is 0 Å². The summed E-state index contributed by atoms with van der Waals surface area (Å²) in [7, 11) is 0. The van der Waals surface area contributed by atoms with Crippen molar-refractivity contribution in [2.45, 2.75) is 0 Å². The lowest BCUT2D eigenvalue weighted by Crippen LogP contribution is -1.92. The fourth-order valence-electron chi connectivity index (χ4n) is 1.25. The molecule has 12 heavy (non-hydrogen) atoms. The van der Waals surface area contributed by atoms with Gasteiger partial charge in [-0.1, -0.05) is 18.7 Å². The highest BCUT2D eigenvalue weighted by Crippen LogP contribution is 2.16. The van der Waals surface area contributed by atoms with E-state index in [-0.39, 0.29) is 0 Å². The van der Waals surface area contributed by atoms with E-state index in [1.54, 1.807) is 0 Å². The molecular formula is C10H10N2. The molecule has 0 saturated heterocycles. The molecule has 0 aliphatic carbocycles. The normalized spacial score (nSPS) is 10.3. The molecule has 1 aromatic carbocycles. The Morgan fingerprint density at radius 2 is 2.17 bits per heavy atom. The molecule has 2 heteroatoms. The van der Waals surface area contributed by atoms with Crippen LogP contribution in [-0.4, -0.2) is 4.98 Å². The van der Waals surface area contributed by atoms with Crippen molar-refractivity contribution in [3.05, 3.63) is 42.6 Å². The van der Waals surface area contributed by atoms with E-state index < -0.39 is 0 Å². The Bertz CT molecular complexity index is 426. The monoisotopic (exact) mass is 158 g/mol. The molecule has 2 aromatic rings. The number of aromatic amines is 1. The minimum absolute atomic E-state index is 0.603. The molecule has 2 rings (SSSR count). The van der Waals surface area contributed by atoms with E-state index in [1.165, 1.54) is 5.39 Å². The Balaban J connectivity index is 2.68. The Morgan fingerprint density at radius 3 is 2.92 bits per heavy atom. The van der Waals surface area contributed by atoms with Crippen LogP contribution in [0.15, 0.2) is 37.0 Å². The third-order valence-corrected chi connectivity index (χ3v) is 1.93. The highest BCUT2D eigenvalue weighted by molar-refractivity contribution is 5.82. The van der Waals surface area contributed by atoms with Crippen LogP contribution in [0.5, 0.6) is 0 Å². The van der Waals surface area contributed by atoms with E-state index in [0.717, 1.165) is 11.1 Å². The summed E-state index contributed by atoms with van der Waals surface area (Å²) in [4.78, 5) is 3.12. The second-order valence-electron chi connectivity index (χ2n) is 2.80. The second kappa shape index (κ2) is 2.41. The number of aromatic nitrogens is 1. The van der Waals surface area contributed by atoms with Gasteiger partial charge in [-0.3, -0.25) is 0 Å². The predicted octanol–water partition coefficient (Wildman–Crippen LogP) is 2.10. The van der Waals surface area contributed by atoms with Gasteiger partial charge in [0, 0.05) is 17.4 Å². The van der Waals surface area contributed by atoms with Gasteiger partial charge in [0.2, 0.25) is 0 Å². The van der Waals surface area contributed by atoms with Crippen LogP contribution in [0.4, 0.5) is 0 Å². The van der Waals surface area contributed by atoms with Crippen molar-refractivity contribution in [3.63, 3.8) is 0 Å². The number of fused-ring (bicyclic) bond motifs is 1. The second-order valence-corrected chi connectivity index (χ2v) is 2.80. The van der Waals surface area contributed by atoms with E-state index in [4.69, 9.17) is 5.73 Å². The molecule has 0 spiro atoms. The number of nitrogens with one attached hydrogen (secondary N) is 1. The van der Waals surface area contributed by atoms with Crippen molar-refractivity contribution in [1.29, 1.82) is 0 Å². The Labute approximate surface area is 70.7 Å². The average molecular weight is 158 g/mol. The van der Waals surface area contributed by atoms with E-state index in [2.05, 4.69) is 11.6 Å². The van der Waals surface area contributed by atoms with Crippen molar-refractivity contribution in [3.8, 4) is 0 Å². The van der Waals surface area contributed by atoms with Gasteiger partial charge >= 0.3 is 0 Å². The molecule has 2 nitrogen and oxygen atoms in total. The zero-order chi connectivity index (χ0) is 8.55. The molecule has 0 aliphatic rings. The quantitative estimate of drug-likeness (QED) is 0.655. The minimum atomic E-state index is 0.603. The summed E-state index contributed by atoms with van der Waals surface area (Å²) in [5.74, 6) is 0. The topological polar surface area (TPSA) is 41.8 Å². The zero-order valence-corrected chi connectivity index (χ0v) is 6.67. The first kappa shape index (κ1) is 6.98. The van der Waals surface area contributed by atoms with Gasteiger partial charge in [0.05, 0.1) is 0 Å². The standard InChI is InChI=1S/C10H10N2/c1-7(11)9-3-2-8-4-5-12-10(8)6-9/h2-6,12H,1,11H2. The first-order valence-electron chi connectivity index (χ1n) is 3.79. The number of benzene rings is 1. The maximum atomic E-state index is 5.57. The minimum Gasteiger partial charge on any atom is -0.399 e. The van der Waals surface area contributed by atoms with Gasteiger partial charge in [0.15, 0.2) is 0 Å². The summed E-state index contributed by atoms with van der Waals surface area (Å²) < 4.78 is 0. The maximum absolute atomic E-state index is 5.57. The van der Waals surface area contributed by atoms with Crippen LogP contribution < -0.4 is 5.73 Å². The summed E-state index contributed by atoms with van der Waals surface area (Å²) in [6.07, 6.45) is 1.91. The number of nitrogens with two attached hydrogens (primary N) is 1. The first-order valence-corrected chi connectivity index (χ1v) is 3.79. The highest BCUT2D eigenvalue weighted by atomic mass is 14.7. The van der Waals surface area contributed by atoms with Crippen LogP contribution in [0.3, 0.4) is 0 Å². The van der Waals surface area contributed by atoms with Gasteiger partial charge in [-0.15, -0.1) is 0 Å². The first-order chi connectivity index (χ1) is 5.77. The van der Waals surface area contributed by atoms with E-state index >= 15 is 0 Å². The van der Waals surface area contributed by atoms with Crippen molar-refractivity contribution < 1.29 is 0 Å². The van der Waals surface area contributed by atoms with Gasteiger partial charge in [-0.2, -0.15) is 0 Å². The van der Waals surface area contributed by atoms with Crippen LogP contribution in [-0.2, 0) is 0 Å². The number of hydrogen-bond donors (Lipinski definition) is 2. The lowest BCUT2D eigenvalue weighted by atomic mass is 10.1. The average Bonchev–Trinajstić information content (AvgIpc) is 2.49. The Kier molecular flexibility index (Phi) is 1.40. The maximum Gasteiger partial charge on any atom is 0.0460 e. The van der Waals surface area contributed by atoms with Gasteiger partial charge in [-0.25, -0.2) is 0 Å². The molecule has 60 valence electrons. The summed E-state index contributed by atoms with van der Waals surface area (Å²) in [5.41, 5.74) is 8.24. The van der Waals surface area contributed by atoms with Crippen LogP contribution in [0.1, 0.15) is 5.56 Å². The third-order valence-electron chi connectivity index (χ3n) is 1.93. The third kappa shape index (κ3) is 0.975. The molecule has 1 aromatic heterocycles. The molecule has 0 aliphatic heterocycles. The fourth-order valence-corrected chi connectivity index (χ4v) is 1.25. The van der Waals surface area contributed by atoms with Crippen LogP contribution in [0.2, 0.25) is 0 Å². The molecule has 0 unspecified atom stereocenters. The lowest BCUT2D eigenvalue weighted by Gasteiger charge is -1.98. The fraction of sp³-hybridized carbons (Fsp3) is 0. The van der Waals surface area contributed by atoms with E-state index in [0.29, 0.717) is 5.70 Å². The smallest absolute Gasteiger partial charge is 0.0460 e. The Morgan fingerprint density at radius 1 is 1.33 bits per heavy atom. The van der Waals surface area contributed by atoms with Gasteiger partial charge in [0.1, 0.15) is 0 Å². The molecule has 0 amide bonds. The van der Waals surface area contributed by atoms with Crippen LogP contribution in [0, 0.1) is 0 Å². The molecule has 0 radical (unpaired) electrons. The van der Waals surface area contributed by atoms with Gasteiger partial charge in [-0.05, 0) is 23.1 Å². The largest absolute Gasteiger partial charge is 0.399 e. The lowest BCUT2D eigenvalue weighted by molar-refractivity contribution is 1.46. The van der Waals surface area contributed by atoms with Crippen molar-refractivity contribution >= 4 is 16.6 Å². The van der Waals surface area contributed by atoms with Crippen LogP contribution >= 0.6 is 0 Å². The molecule has 3 N–H and O–H groups in total. The van der Waals surface area contributed by atoms with Crippen LogP contribution in [0.25, 0.3) is 16.6 Å². The van der Waals surface area contributed by atoms with E-state index in [9.17, 15) is 0 Å². The number of hydrogen-bond acceptors (Lipinski definition) is 1. The highest BCUT2D eigenvalue weighted by Gasteiger charge is 1.96. The van der Waals surface area contributed by atoms with Crippen molar-refractivity contribution in [2.24, 2.45) is 5.73 Å². The summed E-state index contributed by atoms with van der Waals surface area (Å²) >= 11 is 0. The summed E-state index contributed by atoms with van der Waals surface area (Å²) in [6.45, 7) is 3.68. The number of H-pyrrole nitrogens is 1. The molecule has 0 saturated carbocycles. The molecule has 0 fully saturated rings. The summed E-state index contributed by atoms with van der Waals surface area (Å²) in [6, 6.07) is 8.02. The Hall–Kier alpha value is -1.70.